The van der Waals surface area contributed by atoms with Gasteiger partial charge in [-0.05, 0) is 30.9 Å². The second kappa shape index (κ2) is 4.86. The minimum atomic E-state index is 0.298. The van der Waals surface area contributed by atoms with E-state index >= 15 is 0 Å². The van der Waals surface area contributed by atoms with Gasteiger partial charge in [0.2, 0.25) is 0 Å². The van der Waals surface area contributed by atoms with E-state index in [1.54, 1.807) is 11.3 Å². The zero-order valence-corrected chi connectivity index (χ0v) is 11.6. The number of thiophene rings is 1. The summed E-state index contributed by atoms with van der Waals surface area (Å²) >= 11 is 1.77. The van der Waals surface area contributed by atoms with Crippen LogP contribution in [0.3, 0.4) is 0 Å². The molecule has 1 aliphatic rings. The highest BCUT2D eigenvalue weighted by Gasteiger charge is 2.25. The second-order valence-electron chi connectivity index (χ2n) is 4.85. The quantitative estimate of drug-likeness (QED) is 0.830. The Morgan fingerprint density at radius 1 is 1.44 bits per heavy atom. The summed E-state index contributed by atoms with van der Waals surface area (Å²) < 4.78 is 7.22. The smallest absolute Gasteiger partial charge is 0.0830 e. The fourth-order valence-corrected chi connectivity index (χ4v) is 3.47. The van der Waals surface area contributed by atoms with Gasteiger partial charge in [-0.25, -0.2) is 0 Å². The molecule has 1 fully saturated rings. The molecule has 3 heterocycles. The molecule has 3 nitrogen and oxygen atoms in total. The summed E-state index contributed by atoms with van der Waals surface area (Å²) in [4.78, 5) is 6.85. The number of pyridine rings is 1. The third-order valence-electron chi connectivity index (χ3n) is 3.45. The van der Waals surface area contributed by atoms with Gasteiger partial charge in [0.15, 0.2) is 0 Å². The maximum absolute atomic E-state index is 5.93. The minimum absolute atomic E-state index is 0.298. The SMILES string of the molecule is CCC1CN(c2ccnc3ccsc23)CC(C)O1. The lowest BCUT2D eigenvalue weighted by atomic mass is 10.1. The summed E-state index contributed by atoms with van der Waals surface area (Å²) in [5, 5.41) is 2.11. The highest BCUT2D eigenvalue weighted by molar-refractivity contribution is 7.17. The first-order valence-electron chi connectivity index (χ1n) is 6.50. The molecule has 0 radical (unpaired) electrons. The number of morpholine rings is 1. The van der Waals surface area contributed by atoms with Crippen LogP contribution in [-0.2, 0) is 4.74 Å². The first-order chi connectivity index (χ1) is 8.78. The summed E-state index contributed by atoms with van der Waals surface area (Å²) in [5.41, 5.74) is 2.41. The van der Waals surface area contributed by atoms with Crippen molar-refractivity contribution in [3.05, 3.63) is 23.7 Å². The molecule has 2 atom stereocenters. The van der Waals surface area contributed by atoms with Crippen molar-refractivity contribution in [2.24, 2.45) is 0 Å². The van der Waals surface area contributed by atoms with Crippen LogP contribution in [0.25, 0.3) is 10.2 Å². The third kappa shape index (κ3) is 2.10. The standard InChI is InChI=1S/C14H18N2OS/c1-3-11-9-16(8-10(2)17-11)13-4-6-15-12-5-7-18-14(12)13/h4-7,10-11H,3,8-9H2,1-2H3. The van der Waals surface area contributed by atoms with E-state index in [2.05, 4.69) is 41.2 Å². The Balaban J connectivity index is 1.96. The number of rotatable bonds is 2. The average molecular weight is 262 g/mol. The van der Waals surface area contributed by atoms with Gasteiger partial charge in [0, 0.05) is 19.3 Å². The fourth-order valence-electron chi connectivity index (χ4n) is 2.58. The Morgan fingerprint density at radius 3 is 3.17 bits per heavy atom. The molecule has 3 rings (SSSR count). The van der Waals surface area contributed by atoms with Crippen LogP contribution in [0.5, 0.6) is 0 Å². The molecule has 1 aliphatic heterocycles. The zero-order valence-electron chi connectivity index (χ0n) is 10.8. The maximum atomic E-state index is 5.93. The lowest BCUT2D eigenvalue weighted by Crippen LogP contribution is -2.46. The molecule has 2 aromatic rings. The van der Waals surface area contributed by atoms with Crippen LogP contribution in [-0.4, -0.2) is 30.3 Å². The Kier molecular flexibility index (Phi) is 3.22. The number of anilines is 1. The van der Waals surface area contributed by atoms with Crippen LogP contribution in [0.15, 0.2) is 23.7 Å². The molecule has 4 heteroatoms. The number of fused-ring (bicyclic) bond motifs is 1. The van der Waals surface area contributed by atoms with Crippen molar-refractivity contribution in [2.75, 3.05) is 18.0 Å². The van der Waals surface area contributed by atoms with Gasteiger partial charge in [0.25, 0.3) is 0 Å². The van der Waals surface area contributed by atoms with Gasteiger partial charge in [-0.2, -0.15) is 0 Å². The fraction of sp³-hybridized carbons (Fsp3) is 0.500. The number of hydrogen-bond acceptors (Lipinski definition) is 4. The normalized spacial score (nSPS) is 24.7. The van der Waals surface area contributed by atoms with E-state index in [0.717, 1.165) is 25.0 Å². The number of ether oxygens (including phenoxy) is 1. The van der Waals surface area contributed by atoms with Crippen LogP contribution in [0, 0.1) is 0 Å². The second-order valence-corrected chi connectivity index (χ2v) is 5.76. The van der Waals surface area contributed by atoms with Crippen molar-refractivity contribution in [1.82, 2.24) is 4.98 Å². The van der Waals surface area contributed by atoms with Crippen molar-refractivity contribution >= 4 is 27.2 Å². The first kappa shape index (κ1) is 11.9. The van der Waals surface area contributed by atoms with E-state index in [1.165, 1.54) is 10.4 Å². The lowest BCUT2D eigenvalue weighted by molar-refractivity contribution is -0.0171. The Hall–Kier alpha value is -1.13. The molecule has 0 aromatic carbocycles. The van der Waals surface area contributed by atoms with Crippen molar-refractivity contribution in [2.45, 2.75) is 32.5 Å². The van der Waals surface area contributed by atoms with E-state index in [0.29, 0.717) is 12.2 Å². The molecule has 0 saturated carbocycles. The molecule has 96 valence electrons. The summed E-state index contributed by atoms with van der Waals surface area (Å²) in [6.45, 7) is 6.29. The van der Waals surface area contributed by atoms with Crippen LogP contribution >= 0.6 is 11.3 Å². The van der Waals surface area contributed by atoms with Crippen LogP contribution < -0.4 is 4.90 Å². The average Bonchev–Trinajstić information content (AvgIpc) is 2.85. The van der Waals surface area contributed by atoms with Crippen LogP contribution in [0.2, 0.25) is 0 Å². The summed E-state index contributed by atoms with van der Waals surface area (Å²) in [6, 6.07) is 4.22. The molecule has 0 N–H and O–H groups in total. The molecule has 0 bridgehead atoms. The number of aromatic nitrogens is 1. The van der Waals surface area contributed by atoms with Gasteiger partial charge >= 0.3 is 0 Å². The van der Waals surface area contributed by atoms with Crippen LogP contribution in [0.4, 0.5) is 5.69 Å². The van der Waals surface area contributed by atoms with Gasteiger partial charge in [0.05, 0.1) is 28.1 Å². The van der Waals surface area contributed by atoms with Gasteiger partial charge in [-0.1, -0.05) is 6.92 Å². The lowest BCUT2D eigenvalue weighted by Gasteiger charge is -2.38. The van der Waals surface area contributed by atoms with Gasteiger partial charge in [-0.3, -0.25) is 4.98 Å². The third-order valence-corrected chi connectivity index (χ3v) is 4.37. The molecule has 1 saturated heterocycles. The summed E-state index contributed by atoms with van der Waals surface area (Å²) in [5.74, 6) is 0. The highest BCUT2D eigenvalue weighted by atomic mass is 32.1. The largest absolute Gasteiger partial charge is 0.372 e. The van der Waals surface area contributed by atoms with E-state index in [1.807, 2.05) is 6.20 Å². The minimum Gasteiger partial charge on any atom is -0.372 e. The maximum Gasteiger partial charge on any atom is 0.0830 e. The van der Waals surface area contributed by atoms with E-state index in [-0.39, 0.29) is 0 Å². The number of nitrogens with zero attached hydrogens (tertiary/aromatic N) is 2. The molecular formula is C14H18N2OS. The molecule has 18 heavy (non-hydrogen) atoms. The first-order valence-corrected chi connectivity index (χ1v) is 7.38. The van der Waals surface area contributed by atoms with Crippen molar-refractivity contribution in [3.8, 4) is 0 Å². The molecule has 2 unspecified atom stereocenters. The zero-order chi connectivity index (χ0) is 12.5. The summed E-state index contributed by atoms with van der Waals surface area (Å²) in [6.07, 6.45) is 3.62. The Bertz CT molecular complexity index is 539. The van der Waals surface area contributed by atoms with Crippen molar-refractivity contribution < 1.29 is 4.74 Å². The highest BCUT2D eigenvalue weighted by Crippen LogP contribution is 2.31. The van der Waals surface area contributed by atoms with Crippen LogP contribution in [0.1, 0.15) is 20.3 Å². The topological polar surface area (TPSA) is 25.4 Å². The van der Waals surface area contributed by atoms with Gasteiger partial charge < -0.3 is 9.64 Å². The van der Waals surface area contributed by atoms with Gasteiger partial charge in [-0.15, -0.1) is 11.3 Å². The van der Waals surface area contributed by atoms with E-state index < -0.39 is 0 Å². The predicted molar refractivity (Wildman–Crippen MR) is 76.5 cm³/mol. The number of hydrogen-bond donors (Lipinski definition) is 0. The Morgan fingerprint density at radius 2 is 2.33 bits per heavy atom. The molecular weight excluding hydrogens is 244 g/mol. The van der Waals surface area contributed by atoms with Gasteiger partial charge in [0.1, 0.15) is 0 Å². The van der Waals surface area contributed by atoms with Crippen molar-refractivity contribution in [3.63, 3.8) is 0 Å². The summed E-state index contributed by atoms with van der Waals surface area (Å²) in [7, 11) is 0. The molecule has 0 spiro atoms. The predicted octanol–water partition coefficient (Wildman–Crippen LogP) is 3.30. The van der Waals surface area contributed by atoms with E-state index in [4.69, 9.17) is 4.74 Å². The van der Waals surface area contributed by atoms with Crippen molar-refractivity contribution in [1.29, 1.82) is 0 Å². The molecule has 0 amide bonds. The Labute approximate surface area is 111 Å². The molecule has 2 aromatic heterocycles. The molecule has 0 aliphatic carbocycles. The van der Waals surface area contributed by atoms with E-state index in [9.17, 15) is 0 Å². The monoisotopic (exact) mass is 262 g/mol.